The lowest BCUT2D eigenvalue weighted by Crippen LogP contribution is -2.43. The molecule has 0 heterocycles. The number of esters is 2. The number of hydrazine groups is 1. The molecule has 2 N–H and O–H groups in total. The third kappa shape index (κ3) is 13.9. The number of amides is 3. The van der Waals surface area contributed by atoms with Gasteiger partial charge >= 0.3 is 18.0 Å². The van der Waals surface area contributed by atoms with E-state index < -0.39 is 59.9 Å². The molecule has 46 heavy (non-hydrogen) atoms. The van der Waals surface area contributed by atoms with Gasteiger partial charge in [-0.1, -0.05) is 12.1 Å². The van der Waals surface area contributed by atoms with Gasteiger partial charge < -0.3 is 29.0 Å². The summed E-state index contributed by atoms with van der Waals surface area (Å²) < 4.78 is 26.9. The van der Waals surface area contributed by atoms with Gasteiger partial charge in [-0.15, -0.1) is 0 Å². The molecule has 0 aliphatic rings. The molecule has 0 spiro atoms. The van der Waals surface area contributed by atoms with Gasteiger partial charge in [0.2, 0.25) is 0 Å². The second kappa shape index (κ2) is 15.5. The minimum Gasteiger partial charge on any atom is -0.478 e. The van der Waals surface area contributed by atoms with Gasteiger partial charge in [0.15, 0.2) is 24.7 Å². The van der Waals surface area contributed by atoms with Crippen LogP contribution in [0.25, 0.3) is 0 Å². The average molecular weight is 644 g/mol. The summed E-state index contributed by atoms with van der Waals surface area (Å²) in [5.74, 6) is -2.37. The Morgan fingerprint density at radius 3 is 1.63 bits per heavy atom. The van der Waals surface area contributed by atoms with E-state index in [-0.39, 0.29) is 29.2 Å². The highest BCUT2D eigenvalue weighted by molar-refractivity contribution is 5.99. The van der Waals surface area contributed by atoms with Gasteiger partial charge in [-0.25, -0.2) is 14.4 Å². The normalized spacial score (nSPS) is 11.5. The van der Waals surface area contributed by atoms with E-state index in [1.807, 2.05) is 0 Å². The molecule has 0 fully saturated rings. The fraction of sp³-hybridized carbons (Fsp3) is 0.485. The largest absolute Gasteiger partial charge is 0.478 e. The Hall–Kier alpha value is -4.81. The van der Waals surface area contributed by atoms with Gasteiger partial charge in [0.05, 0.1) is 0 Å². The average Bonchev–Trinajstić information content (AvgIpc) is 2.91. The first-order chi connectivity index (χ1) is 21.1. The Bertz CT molecular complexity index is 1400. The van der Waals surface area contributed by atoms with Gasteiger partial charge in [0.25, 0.3) is 11.8 Å². The SMILES string of the molecule is CN(NC(=O)c1ccc(OCC(=O)OC(C)(C)C)c(OCC(=O)OC(C)(C)C)c1)C(=O)c1ccc(CNC(=O)OC(C)(C)C)cc1. The zero-order valence-corrected chi connectivity index (χ0v) is 28.2. The number of benzene rings is 2. The summed E-state index contributed by atoms with van der Waals surface area (Å²) in [6.45, 7) is 14.8. The first-order valence-electron chi connectivity index (χ1n) is 14.6. The molecule has 0 aromatic heterocycles. The van der Waals surface area contributed by atoms with Crippen molar-refractivity contribution in [2.75, 3.05) is 20.3 Å². The monoisotopic (exact) mass is 643 g/mol. The topological polar surface area (TPSA) is 159 Å². The number of carbonyl (C=O) groups is 5. The second-order valence-electron chi connectivity index (χ2n) is 13.3. The van der Waals surface area contributed by atoms with Crippen LogP contribution in [0.15, 0.2) is 42.5 Å². The quantitative estimate of drug-likeness (QED) is 0.213. The van der Waals surface area contributed by atoms with Crippen molar-refractivity contribution in [3.63, 3.8) is 0 Å². The van der Waals surface area contributed by atoms with Crippen molar-refractivity contribution in [3.05, 3.63) is 59.2 Å². The van der Waals surface area contributed by atoms with Crippen LogP contribution in [0.2, 0.25) is 0 Å². The van der Waals surface area contributed by atoms with Crippen LogP contribution >= 0.6 is 0 Å². The molecule has 2 aromatic carbocycles. The van der Waals surface area contributed by atoms with Crippen molar-refractivity contribution in [1.82, 2.24) is 15.8 Å². The summed E-state index contributed by atoms with van der Waals surface area (Å²) in [7, 11) is 1.39. The number of rotatable bonds is 10. The molecular formula is C33H45N3O10. The fourth-order valence-corrected chi connectivity index (χ4v) is 3.61. The van der Waals surface area contributed by atoms with E-state index in [2.05, 4.69) is 10.7 Å². The summed E-state index contributed by atoms with van der Waals surface area (Å²) >= 11 is 0. The zero-order chi connectivity index (χ0) is 34.9. The van der Waals surface area contributed by atoms with E-state index in [1.54, 1.807) is 86.6 Å². The van der Waals surface area contributed by atoms with Gasteiger partial charge in [-0.3, -0.25) is 20.0 Å². The molecule has 2 rings (SSSR count). The highest BCUT2D eigenvalue weighted by Crippen LogP contribution is 2.29. The summed E-state index contributed by atoms with van der Waals surface area (Å²) in [6.07, 6.45) is -0.559. The maximum Gasteiger partial charge on any atom is 0.407 e. The van der Waals surface area contributed by atoms with Crippen LogP contribution in [-0.2, 0) is 30.3 Å². The third-order valence-corrected chi connectivity index (χ3v) is 5.35. The van der Waals surface area contributed by atoms with Gasteiger partial charge in [0.1, 0.15) is 16.8 Å². The van der Waals surface area contributed by atoms with E-state index >= 15 is 0 Å². The molecule has 0 aliphatic carbocycles. The smallest absolute Gasteiger partial charge is 0.407 e. The maximum atomic E-state index is 13.1. The Balaban J connectivity index is 2.11. The Morgan fingerprint density at radius 1 is 0.652 bits per heavy atom. The highest BCUT2D eigenvalue weighted by atomic mass is 16.6. The predicted molar refractivity (Wildman–Crippen MR) is 168 cm³/mol. The van der Waals surface area contributed by atoms with Crippen molar-refractivity contribution in [2.45, 2.75) is 85.7 Å². The van der Waals surface area contributed by atoms with Crippen molar-refractivity contribution < 1.29 is 47.7 Å². The molecule has 13 nitrogen and oxygen atoms in total. The molecule has 3 amide bonds. The number of carbonyl (C=O) groups excluding carboxylic acids is 5. The minimum atomic E-state index is -0.743. The standard InChI is InChI=1S/C33H45N3O10/c1-31(2,3)44-26(37)19-42-24-16-15-23(17-25(24)43-20-27(38)45-32(4,5)6)28(39)35-36(10)29(40)22-13-11-21(12-14-22)18-34-30(41)46-33(7,8)9/h11-17H,18-20H2,1-10H3,(H,34,41)(H,35,39). The van der Waals surface area contributed by atoms with Crippen molar-refractivity contribution >= 4 is 29.8 Å². The first kappa shape index (κ1) is 37.4. The molecule has 0 saturated heterocycles. The van der Waals surface area contributed by atoms with Crippen LogP contribution in [-0.4, -0.2) is 71.9 Å². The molecule has 0 saturated carbocycles. The molecule has 252 valence electrons. The lowest BCUT2D eigenvalue weighted by atomic mass is 10.1. The van der Waals surface area contributed by atoms with Gasteiger partial charge in [-0.05, 0) is 98.2 Å². The van der Waals surface area contributed by atoms with Crippen LogP contribution < -0.4 is 20.2 Å². The molecule has 2 aromatic rings. The van der Waals surface area contributed by atoms with E-state index in [9.17, 15) is 24.0 Å². The third-order valence-electron chi connectivity index (χ3n) is 5.35. The van der Waals surface area contributed by atoms with Crippen LogP contribution in [0.1, 0.15) is 88.6 Å². The summed E-state index contributed by atoms with van der Waals surface area (Å²) in [5.41, 5.74) is 1.51. The Morgan fingerprint density at radius 2 is 1.13 bits per heavy atom. The molecule has 0 atom stereocenters. The van der Waals surface area contributed by atoms with Gasteiger partial charge in [-0.2, -0.15) is 0 Å². The Labute approximate surface area is 269 Å². The molecular weight excluding hydrogens is 598 g/mol. The van der Waals surface area contributed by atoms with E-state index in [4.69, 9.17) is 23.7 Å². The first-order valence-corrected chi connectivity index (χ1v) is 14.6. The van der Waals surface area contributed by atoms with Crippen LogP contribution in [0, 0.1) is 0 Å². The maximum absolute atomic E-state index is 13.1. The summed E-state index contributed by atoms with van der Waals surface area (Å²) in [6, 6.07) is 10.6. The number of hydrogen-bond donors (Lipinski definition) is 2. The van der Waals surface area contributed by atoms with Gasteiger partial charge in [0, 0.05) is 24.7 Å². The van der Waals surface area contributed by atoms with E-state index in [1.165, 1.54) is 25.2 Å². The molecule has 0 bridgehead atoms. The number of nitrogens with zero attached hydrogens (tertiary/aromatic N) is 1. The number of alkyl carbamates (subject to hydrolysis) is 1. The molecule has 0 radical (unpaired) electrons. The van der Waals surface area contributed by atoms with Crippen LogP contribution in [0.5, 0.6) is 11.5 Å². The molecule has 0 aliphatic heterocycles. The van der Waals surface area contributed by atoms with E-state index in [0.29, 0.717) is 0 Å². The lowest BCUT2D eigenvalue weighted by molar-refractivity contribution is -0.158. The molecule has 13 heteroatoms. The van der Waals surface area contributed by atoms with Crippen molar-refractivity contribution in [2.24, 2.45) is 0 Å². The Kier molecular flexibility index (Phi) is 12.6. The fourth-order valence-electron chi connectivity index (χ4n) is 3.61. The van der Waals surface area contributed by atoms with Crippen LogP contribution in [0.3, 0.4) is 0 Å². The van der Waals surface area contributed by atoms with Crippen molar-refractivity contribution in [3.8, 4) is 11.5 Å². The number of ether oxygens (including phenoxy) is 5. The second-order valence-corrected chi connectivity index (χ2v) is 13.3. The highest BCUT2D eigenvalue weighted by Gasteiger charge is 2.22. The lowest BCUT2D eigenvalue weighted by Gasteiger charge is -2.21. The summed E-state index contributed by atoms with van der Waals surface area (Å²) in [4.78, 5) is 62.4. The van der Waals surface area contributed by atoms with E-state index in [0.717, 1.165) is 10.6 Å². The number of hydrogen-bond acceptors (Lipinski definition) is 10. The van der Waals surface area contributed by atoms with Crippen LogP contribution in [0.4, 0.5) is 4.79 Å². The van der Waals surface area contributed by atoms with Crippen molar-refractivity contribution in [1.29, 1.82) is 0 Å². The zero-order valence-electron chi connectivity index (χ0n) is 28.2. The number of nitrogens with one attached hydrogen (secondary N) is 2. The predicted octanol–water partition coefficient (Wildman–Crippen LogP) is 4.57. The summed E-state index contributed by atoms with van der Waals surface area (Å²) in [5, 5.41) is 3.66. The minimum absolute atomic E-state index is 0.00775. The molecule has 0 unspecified atom stereocenters.